The summed E-state index contributed by atoms with van der Waals surface area (Å²) in [5, 5.41) is -0.940. The van der Waals surface area contributed by atoms with Crippen LogP contribution in [0.5, 0.6) is 11.5 Å². The van der Waals surface area contributed by atoms with Crippen molar-refractivity contribution in [2.45, 2.75) is 12.7 Å². The Labute approximate surface area is 205 Å². The fourth-order valence-electron chi connectivity index (χ4n) is 2.98. The second-order valence-electron chi connectivity index (χ2n) is 6.88. The van der Waals surface area contributed by atoms with Gasteiger partial charge < -0.3 is 9.47 Å². The Morgan fingerprint density at radius 3 is 2.29 bits per heavy atom. The normalized spacial score (nSPS) is 11.4. The van der Waals surface area contributed by atoms with Crippen molar-refractivity contribution >= 4 is 33.5 Å². The molecule has 0 aliphatic heterocycles. The second kappa shape index (κ2) is 9.70. The third-order valence-electron chi connectivity index (χ3n) is 4.63. The predicted octanol–water partition coefficient (Wildman–Crippen LogP) is 3.24. The third kappa shape index (κ3) is 5.17. The highest BCUT2D eigenvalue weighted by atomic mass is 79.9. The van der Waals surface area contributed by atoms with Crippen LogP contribution in [0.2, 0.25) is 5.02 Å². The van der Waals surface area contributed by atoms with Gasteiger partial charge in [0.1, 0.15) is 29.4 Å². The summed E-state index contributed by atoms with van der Waals surface area (Å²) in [5.74, 6) is -3.12. The molecule has 0 fully saturated rings. The largest absolute Gasteiger partial charge is 0.468 e. The van der Waals surface area contributed by atoms with Gasteiger partial charge in [-0.05, 0) is 28.1 Å². The van der Waals surface area contributed by atoms with Gasteiger partial charge in [-0.1, -0.05) is 11.6 Å². The number of nitrogens with zero attached hydrogens (tertiary/aromatic N) is 3. The number of carbonyl (C=O) groups is 1. The number of hydrogen-bond donors (Lipinski definition) is 0. The van der Waals surface area contributed by atoms with Crippen LogP contribution in [0.3, 0.4) is 0 Å². The van der Waals surface area contributed by atoms with Crippen LogP contribution in [0.4, 0.5) is 17.6 Å². The first kappa shape index (κ1) is 26.2. The van der Waals surface area contributed by atoms with Crippen LogP contribution in [0, 0.1) is 5.82 Å². The highest BCUT2D eigenvalue weighted by molar-refractivity contribution is 9.10. The van der Waals surface area contributed by atoms with E-state index in [1.807, 2.05) is 0 Å². The number of carbonyl (C=O) groups excluding carboxylic acids is 1. The lowest BCUT2D eigenvalue weighted by atomic mass is 10.2. The maximum absolute atomic E-state index is 14.0. The molecule has 3 aromatic rings. The molecule has 3 rings (SSSR count). The van der Waals surface area contributed by atoms with Crippen LogP contribution in [0.25, 0.3) is 5.69 Å². The lowest BCUT2D eigenvalue weighted by Gasteiger charge is -2.15. The Bertz CT molecular complexity index is 1490. The zero-order chi connectivity index (χ0) is 26.2. The average Bonchev–Trinajstić information content (AvgIpc) is 2.75. The van der Waals surface area contributed by atoms with Gasteiger partial charge in [-0.2, -0.15) is 13.2 Å². The molecule has 0 bridgehead atoms. The fraction of sp³-hybridized carbons (Fsp3) is 0.200. The van der Waals surface area contributed by atoms with Gasteiger partial charge in [0.05, 0.1) is 17.8 Å². The number of methoxy groups -OCH3 is 1. The van der Waals surface area contributed by atoms with Crippen molar-refractivity contribution in [2.24, 2.45) is 7.05 Å². The molecular weight excluding hydrogens is 570 g/mol. The first-order valence-electron chi connectivity index (χ1n) is 9.30. The van der Waals surface area contributed by atoms with E-state index in [2.05, 4.69) is 20.7 Å². The number of halogens is 6. The van der Waals surface area contributed by atoms with Crippen molar-refractivity contribution in [3.63, 3.8) is 0 Å². The first-order chi connectivity index (χ1) is 16.3. The van der Waals surface area contributed by atoms with Gasteiger partial charge in [-0.3, -0.25) is 4.79 Å². The summed E-state index contributed by atoms with van der Waals surface area (Å²) in [5.41, 5.74) is -5.12. The summed E-state index contributed by atoms with van der Waals surface area (Å²) < 4.78 is 64.5. The summed E-state index contributed by atoms with van der Waals surface area (Å²) >= 11 is 8.73. The topological polar surface area (TPSA) is 102 Å². The molecule has 9 nitrogen and oxygen atoms in total. The van der Waals surface area contributed by atoms with E-state index in [1.54, 1.807) is 0 Å². The van der Waals surface area contributed by atoms with Crippen molar-refractivity contribution in [1.82, 2.24) is 13.7 Å². The van der Waals surface area contributed by atoms with Crippen molar-refractivity contribution in [3.05, 3.63) is 82.7 Å². The van der Waals surface area contributed by atoms with E-state index in [0.717, 1.165) is 26.3 Å². The maximum atomic E-state index is 14.0. The van der Waals surface area contributed by atoms with Crippen molar-refractivity contribution < 1.29 is 31.8 Å². The van der Waals surface area contributed by atoms with Gasteiger partial charge in [0, 0.05) is 29.7 Å². The Morgan fingerprint density at radius 2 is 1.71 bits per heavy atom. The van der Waals surface area contributed by atoms with Gasteiger partial charge in [0.2, 0.25) is 0 Å². The molecule has 0 amide bonds. The summed E-state index contributed by atoms with van der Waals surface area (Å²) in [6, 6.07) is 4.98. The van der Waals surface area contributed by atoms with Gasteiger partial charge in [-0.15, -0.1) is 0 Å². The zero-order valence-corrected chi connectivity index (χ0v) is 20.0. The third-order valence-corrected chi connectivity index (χ3v) is 5.60. The quantitative estimate of drug-likeness (QED) is 0.338. The zero-order valence-electron chi connectivity index (χ0n) is 17.7. The monoisotopic (exact) mass is 581 g/mol. The van der Waals surface area contributed by atoms with Gasteiger partial charge in [0.15, 0.2) is 0 Å². The molecule has 0 saturated carbocycles. The van der Waals surface area contributed by atoms with Crippen LogP contribution >= 0.6 is 27.5 Å². The minimum absolute atomic E-state index is 0.127. The molecule has 0 atom stereocenters. The van der Waals surface area contributed by atoms with Crippen molar-refractivity contribution in [1.29, 1.82) is 0 Å². The fourth-order valence-corrected chi connectivity index (χ4v) is 3.70. The van der Waals surface area contributed by atoms with Gasteiger partial charge >= 0.3 is 29.2 Å². The molecule has 1 aromatic heterocycles. The summed E-state index contributed by atoms with van der Waals surface area (Å²) in [6.07, 6.45) is -5.03. The highest BCUT2D eigenvalue weighted by Crippen LogP contribution is 2.39. The maximum Gasteiger partial charge on any atom is 0.420 e. The van der Waals surface area contributed by atoms with E-state index in [1.165, 1.54) is 12.1 Å². The van der Waals surface area contributed by atoms with E-state index in [-0.39, 0.29) is 15.9 Å². The Morgan fingerprint density at radius 1 is 1.06 bits per heavy atom. The van der Waals surface area contributed by atoms with Gasteiger partial charge in [0.25, 0.3) is 0 Å². The molecule has 35 heavy (non-hydrogen) atoms. The van der Waals surface area contributed by atoms with E-state index in [0.29, 0.717) is 19.8 Å². The minimum atomic E-state index is -5.03. The highest BCUT2D eigenvalue weighted by Gasteiger charge is 2.37. The van der Waals surface area contributed by atoms with Crippen LogP contribution in [-0.4, -0.2) is 26.8 Å². The lowest BCUT2D eigenvalue weighted by molar-refractivity contribution is -0.141. The molecular formula is C20H13BrClF4N3O6. The molecule has 0 spiro atoms. The molecule has 0 N–H and O–H groups in total. The van der Waals surface area contributed by atoms with E-state index >= 15 is 0 Å². The van der Waals surface area contributed by atoms with Crippen LogP contribution in [0.15, 0.2) is 49.2 Å². The lowest BCUT2D eigenvalue weighted by Crippen LogP contribution is -2.53. The van der Waals surface area contributed by atoms with Crippen molar-refractivity contribution in [3.8, 4) is 17.2 Å². The smallest absolute Gasteiger partial charge is 0.420 e. The van der Waals surface area contributed by atoms with Crippen molar-refractivity contribution in [2.75, 3.05) is 7.11 Å². The molecule has 186 valence electrons. The van der Waals surface area contributed by atoms with E-state index in [4.69, 9.17) is 16.3 Å². The first-order valence-corrected chi connectivity index (χ1v) is 10.5. The number of aromatic nitrogens is 3. The number of benzene rings is 2. The molecule has 0 unspecified atom stereocenters. The number of hydrogen-bond acceptors (Lipinski definition) is 6. The Kier molecular flexibility index (Phi) is 7.26. The SMILES string of the molecule is COC(=O)Cn1c(=O)n(C)c(=O)n(-c2cc(Oc3cc(F)c(C(F)(F)F)c(Cl)c3)ccc2Br)c1=O. The van der Waals surface area contributed by atoms with E-state index in [9.17, 15) is 36.7 Å². The summed E-state index contributed by atoms with van der Waals surface area (Å²) in [6.45, 7) is -0.778. The summed E-state index contributed by atoms with van der Waals surface area (Å²) in [7, 11) is 2.12. The van der Waals surface area contributed by atoms with Crippen LogP contribution in [-0.2, 0) is 29.3 Å². The number of esters is 1. The number of ether oxygens (including phenoxy) is 2. The average molecular weight is 583 g/mol. The van der Waals surface area contributed by atoms with Gasteiger partial charge in [-0.25, -0.2) is 32.5 Å². The minimum Gasteiger partial charge on any atom is -0.468 e. The molecule has 2 aromatic carbocycles. The number of alkyl halides is 3. The Balaban J connectivity index is 2.14. The molecule has 15 heteroatoms. The molecule has 0 saturated heterocycles. The van der Waals surface area contributed by atoms with Crippen LogP contribution in [0.1, 0.15) is 5.56 Å². The summed E-state index contributed by atoms with van der Waals surface area (Å²) in [4.78, 5) is 49.6. The standard InChI is InChI=1S/C20H13BrClF4N3O6/c1-27-17(31)28(8-15(30)34-2)19(33)29(18(27)32)14-7-9(3-4-11(14)21)35-10-5-12(22)16(13(23)6-10)20(24,25)26/h3-7H,8H2,1-2H3. The molecule has 1 heterocycles. The number of rotatable bonds is 5. The predicted molar refractivity (Wildman–Crippen MR) is 118 cm³/mol. The van der Waals surface area contributed by atoms with Crippen LogP contribution < -0.4 is 21.8 Å². The van der Waals surface area contributed by atoms with E-state index < -0.39 is 57.9 Å². The second-order valence-corrected chi connectivity index (χ2v) is 8.14. The molecule has 0 aliphatic rings. The molecule has 0 radical (unpaired) electrons. The Hall–Kier alpha value is -3.39. The molecule has 0 aliphatic carbocycles.